The van der Waals surface area contributed by atoms with E-state index in [-0.39, 0.29) is 5.82 Å². The Morgan fingerprint density at radius 3 is 2.75 bits per heavy atom. The summed E-state index contributed by atoms with van der Waals surface area (Å²) in [5, 5.41) is 0. The fourth-order valence-electron chi connectivity index (χ4n) is 1.22. The average Bonchev–Trinajstić information content (AvgIpc) is 2.34. The molecular formula is C12H16BrFOZn. The second kappa shape index (κ2) is 11.5. The Bertz CT molecular complexity index is 271. The second-order valence-corrected chi connectivity index (χ2v) is 3.27. The predicted octanol–water partition coefficient (Wildman–Crippen LogP) is 4.43. The van der Waals surface area contributed by atoms with Gasteiger partial charge in [-0.05, 0) is 6.42 Å². The van der Waals surface area contributed by atoms with Gasteiger partial charge in [-0.25, -0.2) is 4.39 Å². The molecule has 0 aromatic heterocycles. The summed E-state index contributed by atoms with van der Waals surface area (Å²) in [7, 11) is 0. The molecule has 0 N–H and O–H groups in total. The van der Waals surface area contributed by atoms with Crippen LogP contribution >= 0.6 is 13.6 Å². The molecule has 0 spiro atoms. The van der Waals surface area contributed by atoms with E-state index in [1.807, 2.05) is 0 Å². The molecule has 1 nitrogen and oxygen atoms in total. The van der Waals surface area contributed by atoms with Crippen molar-refractivity contribution >= 4 is 13.6 Å². The van der Waals surface area contributed by atoms with Crippen LogP contribution in [0.3, 0.4) is 0 Å². The Kier molecular flexibility index (Phi) is 11.6. The fraction of sp³-hybridized carbons (Fsp3) is 0.500. The van der Waals surface area contributed by atoms with Crippen LogP contribution < -0.4 is 4.74 Å². The van der Waals surface area contributed by atoms with Gasteiger partial charge in [0.05, 0.1) is 12.4 Å². The molecule has 0 radical (unpaired) electrons. The number of hydrogen-bond donors (Lipinski definition) is 0. The predicted molar refractivity (Wildman–Crippen MR) is 63.8 cm³/mol. The van der Waals surface area contributed by atoms with E-state index in [1.54, 1.807) is 6.07 Å². The standard InChI is InChI=1S/C12H16FO.BrH.Zn/c1-2-3-4-7-10-14-12-9-6-5-8-11(12)13;;/h5,8-9H,2-4,7,10H2,1H3;1H;/q-1;;+2/p-1. The number of halogens is 2. The molecule has 0 atom stereocenters. The quantitative estimate of drug-likeness (QED) is 0.423. The number of unbranched alkanes of at least 4 members (excludes halogenated alkanes) is 3. The van der Waals surface area contributed by atoms with Gasteiger partial charge in [-0.2, -0.15) is 12.1 Å². The Labute approximate surface area is 114 Å². The summed E-state index contributed by atoms with van der Waals surface area (Å²) in [5.74, 6) is 0.00300. The molecule has 0 fully saturated rings. The molecule has 16 heavy (non-hydrogen) atoms. The maximum atomic E-state index is 13.0. The molecule has 1 aromatic carbocycles. The molecule has 4 heteroatoms. The Morgan fingerprint density at radius 2 is 2.12 bits per heavy atom. The Morgan fingerprint density at radius 1 is 1.38 bits per heavy atom. The first kappa shape index (κ1) is 16.1. The van der Waals surface area contributed by atoms with Crippen LogP contribution in [0.15, 0.2) is 18.2 Å². The van der Waals surface area contributed by atoms with Crippen LogP contribution in [0.1, 0.15) is 32.6 Å². The van der Waals surface area contributed by atoms with Crippen molar-refractivity contribution in [2.24, 2.45) is 0 Å². The maximum absolute atomic E-state index is 13.0. The molecule has 0 aliphatic heterocycles. The van der Waals surface area contributed by atoms with Crippen LogP contribution in [0, 0.1) is 11.9 Å². The van der Waals surface area contributed by atoms with E-state index in [9.17, 15) is 4.39 Å². The number of rotatable bonds is 6. The van der Waals surface area contributed by atoms with E-state index in [4.69, 9.17) is 4.74 Å². The van der Waals surface area contributed by atoms with E-state index in [1.165, 1.54) is 41.3 Å². The summed E-state index contributed by atoms with van der Waals surface area (Å²) < 4.78 is 18.3. The zero-order valence-electron chi connectivity index (χ0n) is 9.64. The first-order chi connectivity index (χ1) is 7.84. The van der Waals surface area contributed by atoms with Crippen LogP contribution in [-0.2, 0) is 16.3 Å². The van der Waals surface area contributed by atoms with Gasteiger partial charge in [0.25, 0.3) is 0 Å². The van der Waals surface area contributed by atoms with Crippen molar-refractivity contribution < 1.29 is 25.5 Å². The SMILES string of the molecule is CCCCCCOc1c[c-]ccc1F.[Zn+][Br]. The Balaban J connectivity index is 0.00000106. The van der Waals surface area contributed by atoms with E-state index in [0.717, 1.165) is 12.8 Å². The summed E-state index contributed by atoms with van der Waals surface area (Å²) in [6.45, 7) is 2.75. The van der Waals surface area contributed by atoms with Crippen LogP contribution in [0.5, 0.6) is 5.75 Å². The van der Waals surface area contributed by atoms with Gasteiger partial charge >= 0.3 is 30.0 Å². The van der Waals surface area contributed by atoms with Crippen molar-refractivity contribution in [2.75, 3.05) is 6.61 Å². The monoisotopic (exact) mass is 338 g/mol. The van der Waals surface area contributed by atoms with Gasteiger partial charge in [-0.15, -0.1) is 12.1 Å². The van der Waals surface area contributed by atoms with Gasteiger partial charge in [0.2, 0.25) is 0 Å². The minimum absolute atomic E-state index is 0.306. The number of benzene rings is 1. The summed E-state index contributed by atoms with van der Waals surface area (Å²) in [6.07, 6.45) is 4.55. The molecule has 0 saturated carbocycles. The first-order valence-electron chi connectivity index (χ1n) is 5.39. The first-order valence-corrected chi connectivity index (χ1v) is 12.3. The molecule has 0 amide bonds. The Hall–Kier alpha value is 0.0534. The third-order valence-electron chi connectivity index (χ3n) is 2.03. The fourth-order valence-corrected chi connectivity index (χ4v) is 1.22. The zero-order valence-corrected chi connectivity index (χ0v) is 14.2. The van der Waals surface area contributed by atoms with Crippen molar-refractivity contribution in [3.05, 3.63) is 30.1 Å². The number of hydrogen-bond acceptors (Lipinski definition) is 1. The van der Waals surface area contributed by atoms with Gasteiger partial charge in [0.1, 0.15) is 0 Å². The molecule has 0 aliphatic carbocycles. The molecule has 1 rings (SSSR count). The third kappa shape index (κ3) is 7.35. The second-order valence-electron chi connectivity index (χ2n) is 3.27. The molecule has 0 unspecified atom stereocenters. The van der Waals surface area contributed by atoms with Crippen LogP contribution in [0.4, 0.5) is 4.39 Å². The van der Waals surface area contributed by atoms with Gasteiger partial charge in [-0.1, -0.05) is 26.2 Å². The van der Waals surface area contributed by atoms with Gasteiger partial charge in [0, 0.05) is 5.75 Å². The van der Waals surface area contributed by atoms with Crippen molar-refractivity contribution in [2.45, 2.75) is 32.6 Å². The molecule has 0 heterocycles. The molecular weight excluding hydrogens is 324 g/mol. The van der Waals surface area contributed by atoms with Crippen molar-refractivity contribution in [1.29, 1.82) is 0 Å². The molecule has 0 saturated heterocycles. The molecule has 0 aliphatic rings. The summed E-state index contributed by atoms with van der Waals surface area (Å²) >= 11 is 4.25. The van der Waals surface area contributed by atoms with Crippen LogP contribution in [-0.4, -0.2) is 6.61 Å². The van der Waals surface area contributed by atoms with Crippen molar-refractivity contribution in [1.82, 2.24) is 0 Å². The minimum atomic E-state index is -0.306. The van der Waals surface area contributed by atoms with Crippen molar-refractivity contribution in [3.63, 3.8) is 0 Å². The van der Waals surface area contributed by atoms with Gasteiger partial charge in [0.15, 0.2) is 0 Å². The number of ether oxygens (including phenoxy) is 1. The zero-order chi connectivity index (χ0) is 12.2. The van der Waals surface area contributed by atoms with Gasteiger partial charge in [-0.3, -0.25) is 0 Å². The van der Waals surface area contributed by atoms with E-state index in [0.29, 0.717) is 12.4 Å². The summed E-state index contributed by atoms with van der Waals surface area (Å²) in [5.41, 5.74) is 0. The summed E-state index contributed by atoms with van der Waals surface area (Å²) in [6, 6.07) is 7.23. The van der Waals surface area contributed by atoms with Crippen molar-refractivity contribution in [3.8, 4) is 5.75 Å². The molecule has 0 bridgehead atoms. The van der Waals surface area contributed by atoms with E-state index in [2.05, 4.69) is 26.6 Å². The average molecular weight is 341 g/mol. The van der Waals surface area contributed by atoms with E-state index < -0.39 is 0 Å². The van der Waals surface area contributed by atoms with Crippen LogP contribution in [0.2, 0.25) is 0 Å². The molecule has 86 valence electrons. The molecule has 1 aromatic rings. The van der Waals surface area contributed by atoms with Crippen LogP contribution in [0.25, 0.3) is 0 Å². The van der Waals surface area contributed by atoms with E-state index >= 15 is 0 Å². The third-order valence-corrected chi connectivity index (χ3v) is 2.03. The normalized spacial score (nSPS) is 9.31. The van der Waals surface area contributed by atoms with Gasteiger partial charge < -0.3 is 4.74 Å². The summed E-state index contributed by atoms with van der Waals surface area (Å²) in [4.78, 5) is 0. The topological polar surface area (TPSA) is 9.23 Å².